The van der Waals surface area contributed by atoms with Crippen molar-refractivity contribution in [1.29, 1.82) is 0 Å². The fraction of sp³-hybridized carbons (Fsp3) is 0.235. The molecule has 3 nitrogen and oxygen atoms in total. The molecule has 3 heteroatoms. The third-order valence-corrected chi connectivity index (χ3v) is 3.32. The molecule has 2 rings (SSSR count). The highest BCUT2D eigenvalue weighted by Crippen LogP contribution is 2.20. The Labute approximate surface area is 119 Å². The fourth-order valence-corrected chi connectivity index (χ4v) is 2.04. The van der Waals surface area contributed by atoms with Gasteiger partial charge < -0.3 is 10.4 Å². The molecule has 2 aromatic rings. The van der Waals surface area contributed by atoms with Gasteiger partial charge in [0, 0.05) is 0 Å². The number of carbonyl (C=O) groups is 1. The molecule has 0 aliphatic carbocycles. The van der Waals surface area contributed by atoms with Crippen molar-refractivity contribution in [1.82, 2.24) is 5.32 Å². The highest BCUT2D eigenvalue weighted by molar-refractivity contribution is 5.97. The van der Waals surface area contributed by atoms with E-state index in [0.717, 1.165) is 11.1 Å². The van der Waals surface area contributed by atoms with Gasteiger partial charge in [0.15, 0.2) is 0 Å². The first-order chi connectivity index (χ1) is 9.47. The van der Waals surface area contributed by atoms with Gasteiger partial charge >= 0.3 is 0 Å². The number of hydrogen-bond donors (Lipinski definition) is 2. The highest BCUT2D eigenvalue weighted by atomic mass is 16.3. The second-order valence-electron chi connectivity index (χ2n) is 5.13. The van der Waals surface area contributed by atoms with E-state index in [0.29, 0.717) is 5.56 Å². The molecule has 0 aromatic heterocycles. The zero-order chi connectivity index (χ0) is 14.7. The third-order valence-electron chi connectivity index (χ3n) is 3.32. The Morgan fingerprint density at radius 3 is 2.30 bits per heavy atom. The number of carbonyl (C=O) groups excluding carboxylic acids is 1. The smallest absolute Gasteiger partial charge is 0.255 e. The summed E-state index contributed by atoms with van der Waals surface area (Å²) in [6.07, 6.45) is 0. The molecule has 0 fully saturated rings. The standard InChI is InChI=1S/C17H19NO2/c1-11-4-7-14(8-5-11)13(3)18-17(20)15-10-12(2)6-9-16(15)19/h4-10,13,19H,1-3H3,(H,18,20). The van der Waals surface area contributed by atoms with E-state index in [1.165, 1.54) is 5.56 Å². The summed E-state index contributed by atoms with van der Waals surface area (Å²) in [5.74, 6) is -0.261. The van der Waals surface area contributed by atoms with Crippen molar-refractivity contribution in [2.24, 2.45) is 0 Å². The van der Waals surface area contributed by atoms with Crippen LogP contribution in [0.15, 0.2) is 42.5 Å². The zero-order valence-electron chi connectivity index (χ0n) is 12.0. The van der Waals surface area contributed by atoms with Crippen molar-refractivity contribution in [3.63, 3.8) is 0 Å². The number of amides is 1. The molecule has 0 saturated carbocycles. The maximum Gasteiger partial charge on any atom is 0.255 e. The van der Waals surface area contributed by atoms with Crippen LogP contribution >= 0.6 is 0 Å². The lowest BCUT2D eigenvalue weighted by Gasteiger charge is -2.15. The molecule has 0 radical (unpaired) electrons. The summed E-state index contributed by atoms with van der Waals surface area (Å²) in [7, 11) is 0. The number of aromatic hydroxyl groups is 1. The first-order valence-corrected chi connectivity index (χ1v) is 6.64. The van der Waals surface area contributed by atoms with Gasteiger partial charge in [-0.2, -0.15) is 0 Å². The van der Waals surface area contributed by atoms with Gasteiger partial charge in [-0.15, -0.1) is 0 Å². The Balaban J connectivity index is 2.15. The van der Waals surface area contributed by atoms with Crippen LogP contribution < -0.4 is 5.32 Å². The van der Waals surface area contributed by atoms with Crippen LogP contribution in [0.2, 0.25) is 0 Å². The molecule has 1 atom stereocenters. The third kappa shape index (κ3) is 3.18. The number of aryl methyl sites for hydroxylation is 2. The average molecular weight is 269 g/mol. The minimum absolute atomic E-state index is 0.00389. The number of hydrogen-bond acceptors (Lipinski definition) is 2. The first kappa shape index (κ1) is 14.1. The van der Waals surface area contributed by atoms with Crippen LogP contribution in [0.3, 0.4) is 0 Å². The second kappa shape index (κ2) is 5.78. The molecule has 0 saturated heterocycles. The van der Waals surface area contributed by atoms with Crippen LogP contribution in [-0.4, -0.2) is 11.0 Å². The summed E-state index contributed by atoms with van der Waals surface area (Å²) >= 11 is 0. The minimum atomic E-state index is -0.265. The van der Waals surface area contributed by atoms with Gasteiger partial charge in [0.2, 0.25) is 0 Å². The molecule has 0 aliphatic rings. The molecule has 0 spiro atoms. The number of rotatable bonds is 3. The lowest BCUT2D eigenvalue weighted by Crippen LogP contribution is -2.26. The van der Waals surface area contributed by atoms with E-state index in [2.05, 4.69) is 5.32 Å². The highest BCUT2D eigenvalue weighted by Gasteiger charge is 2.14. The van der Waals surface area contributed by atoms with Crippen molar-refractivity contribution >= 4 is 5.91 Å². The van der Waals surface area contributed by atoms with Gasteiger partial charge in [-0.1, -0.05) is 41.5 Å². The Bertz CT molecular complexity index is 617. The van der Waals surface area contributed by atoms with E-state index in [-0.39, 0.29) is 17.7 Å². The maximum absolute atomic E-state index is 12.2. The number of phenols is 1. The molecule has 2 aromatic carbocycles. The predicted molar refractivity (Wildman–Crippen MR) is 79.9 cm³/mol. The first-order valence-electron chi connectivity index (χ1n) is 6.64. The van der Waals surface area contributed by atoms with E-state index < -0.39 is 0 Å². The van der Waals surface area contributed by atoms with E-state index in [9.17, 15) is 9.90 Å². The number of nitrogens with one attached hydrogen (secondary N) is 1. The average Bonchev–Trinajstić information content (AvgIpc) is 2.42. The molecule has 2 N–H and O–H groups in total. The molecule has 104 valence electrons. The summed E-state index contributed by atoms with van der Waals surface area (Å²) in [4.78, 5) is 12.2. The molecule has 1 unspecified atom stereocenters. The van der Waals surface area contributed by atoms with Crippen LogP contribution in [0.4, 0.5) is 0 Å². The van der Waals surface area contributed by atoms with Gasteiger partial charge in [0.25, 0.3) is 5.91 Å². The lowest BCUT2D eigenvalue weighted by molar-refractivity contribution is 0.0937. The monoisotopic (exact) mass is 269 g/mol. The van der Waals surface area contributed by atoms with E-state index in [1.54, 1.807) is 18.2 Å². The van der Waals surface area contributed by atoms with Crippen LogP contribution in [0, 0.1) is 13.8 Å². The van der Waals surface area contributed by atoms with Crippen LogP contribution in [0.5, 0.6) is 5.75 Å². The molecule has 1 amide bonds. The second-order valence-corrected chi connectivity index (χ2v) is 5.13. The summed E-state index contributed by atoms with van der Waals surface area (Å²) in [6, 6.07) is 12.9. The number of benzene rings is 2. The molecule has 0 aliphatic heterocycles. The van der Waals surface area contributed by atoms with Crippen molar-refractivity contribution < 1.29 is 9.90 Å². The quantitative estimate of drug-likeness (QED) is 0.896. The Morgan fingerprint density at radius 1 is 1.05 bits per heavy atom. The summed E-state index contributed by atoms with van der Waals surface area (Å²) in [5.41, 5.74) is 3.47. The van der Waals surface area contributed by atoms with E-state index >= 15 is 0 Å². The predicted octanol–water partition coefficient (Wildman–Crippen LogP) is 3.50. The molecule has 0 heterocycles. The van der Waals surface area contributed by atoms with Crippen molar-refractivity contribution in [2.75, 3.05) is 0 Å². The van der Waals surface area contributed by atoms with Crippen LogP contribution in [-0.2, 0) is 0 Å². The van der Waals surface area contributed by atoms with Gasteiger partial charge in [0.1, 0.15) is 5.75 Å². The summed E-state index contributed by atoms with van der Waals surface area (Å²) in [5, 5.41) is 12.7. The zero-order valence-corrected chi connectivity index (χ0v) is 12.0. The maximum atomic E-state index is 12.2. The minimum Gasteiger partial charge on any atom is -0.507 e. The van der Waals surface area contributed by atoms with Crippen molar-refractivity contribution in [3.8, 4) is 5.75 Å². The van der Waals surface area contributed by atoms with E-state index in [1.807, 2.05) is 45.0 Å². The lowest BCUT2D eigenvalue weighted by atomic mass is 10.1. The van der Waals surface area contributed by atoms with E-state index in [4.69, 9.17) is 0 Å². The SMILES string of the molecule is Cc1ccc(C(C)NC(=O)c2cc(C)ccc2O)cc1. The Hall–Kier alpha value is -2.29. The largest absolute Gasteiger partial charge is 0.507 e. The molecule has 0 bridgehead atoms. The van der Waals surface area contributed by atoms with Crippen molar-refractivity contribution in [3.05, 3.63) is 64.7 Å². The summed E-state index contributed by atoms with van der Waals surface area (Å²) < 4.78 is 0. The van der Waals surface area contributed by atoms with Gasteiger partial charge in [-0.3, -0.25) is 4.79 Å². The normalized spacial score (nSPS) is 11.9. The molecular weight excluding hydrogens is 250 g/mol. The van der Waals surface area contributed by atoms with Crippen LogP contribution in [0.25, 0.3) is 0 Å². The van der Waals surface area contributed by atoms with Gasteiger partial charge in [-0.05, 0) is 38.5 Å². The molecule has 20 heavy (non-hydrogen) atoms. The van der Waals surface area contributed by atoms with Crippen molar-refractivity contribution in [2.45, 2.75) is 26.8 Å². The summed E-state index contributed by atoms with van der Waals surface area (Å²) in [6.45, 7) is 5.84. The van der Waals surface area contributed by atoms with Gasteiger partial charge in [-0.25, -0.2) is 0 Å². The van der Waals surface area contributed by atoms with Crippen LogP contribution in [0.1, 0.15) is 40.0 Å². The fourth-order valence-electron chi connectivity index (χ4n) is 2.04. The Morgan fingerprint density at radius 2 is 1.65 bits per heavy atom. The van der Waals surface area contributed by atoms with Gasteiger partial charge in [0.05, 0.1) is 11.6 Å². The topological polar surface area (TPSA) is 49.3 Å². The number of phenolic OH excluding ortho intramolecular Hbond substituents is 1. The Kier molecular flexibility index (Phi) is 4.08. The molecular formula is C17H19NO2.